The maximum Gasteiger partial charge on any atom is 0.257 e. The molecule has 0 atom stereocenters. The minimum absolute atomic E-state index is 0.0171. The van der Waals surface area contributed by atoms with Crippen LogP contribution in [0.15, 0.2) is 67.0 Å². The van der Waals surface area contributed by atoms with Gasteiger partial charge in [0.2, 0.25) is 5.95 Å². The van der Waals surface area contributed by atoms with E-state index in [-0.39, 0.29) is 5.91 Å². The summed E-state index contributed by atoms with van der Waals surface area (Å²) in [7, 11) is 0. The fourth-order valence-electron chi connectivity index (χ4n) is 3.45. The van der Waals surface area contributed by atoms with E-state index in [2.05, 4.69) is 51.4 Å². The van der Waals surface area contributed by atoms with Crippen LogP contribution in [0.5, 0.6) is 0 Å². The van der Waals surface area contributed by atoms with Crippen molar-refractivity contribution in [2.45, 2.75) is 13.3 Å². The molecule has 6 heteroatoms. The van der Waals surface area contributed by atoms with Crippen LogP contribution in [-0.2, 0) is 6.42 Å². The van der Waals surface area contributed by atoms with E-state index in [9.17, 15) is 4.79 Å². The van der Waals surface area contributed by atoms with Gasteiger partial charge in [-0.15, -0.1) is 0 Å². The van der Waals surface area contributed by atoms with Gasteiger partial charge in [0.15, 0.2) is 0 Å². The molecule has 148 valence electrons. The van der Waals surface area contributed by atoms with Crippen molar-refractivity contribution in [3.63, 3.8) is 0 Å². The lowest BCUT2D eigenvalue weighted by Crippen LogP contribution is -2.48. The van der Waals surface area contributed by atoms with E-state index in [1.165, 1.54) is 11.3 Å². The van der Waals surface area contributed by atoms with Crippen molar-refractivity contribution in [1.29, 1.82) is 0 Å². The molecule has 1 amide bonds. The van der Waals surface area contributed by atoms with Crippen molar-refractivity contribution in [2.24, 2.45) is 0 Å². The third-order valence-corrected chi connectivity index (χ3v) is 5.21. The lowest BCUT2D eigenvalue weighted by atomic mass is 10.1. The highest BCUT2D eigenvalue weighted by molar-refractivity contribution is 5.94. The highest BCUT2D eigenvalue weighted by Crippen LogP contribution is 2.17. The van der Waals surface area contributed by atoms with E-state index in [0.717, 1.165) is 25.2 Å². The summed E-state index contributed by atoms with van der Waals surface area (Å²) in [6.45, 7) is 5.16. The molecular weight excluding hydrogens is 362 g/mol. The zero-order chi connectivity index (χ0) is 20.1. The van der Waals surface area contributed by atoms with Crippen molar-refractivity contribution in [3.8, 4) is 0 Å². The molecule has 0 radical (unpaired) electrons. The SMILES string of the molecule is CCc1ccc(Nc2ncc(C(=O)N3CCN(c4ccccc4)CC3)cn2)cc1. The predicted molar refractivity (Wildman–Crippen MR) is 116 cm³/mol. The third-order valence-electron chi connectivity index (χ3n) is 5.21. The number of aromatic nitrogens is 2. The number of aryl methyl sites for hydroxylation is 1. The molecule has 1 N–H and O–H groups in total. The first-order valence-electron chi connectivity index (χ1n) is 10.00. The molecule has 1 aliphatic rings. The van der Waals surface area contributed by atoms with E-state index in [4.69, 9.17) is 0 Å². The molecule has 3 aromatic rings. The molecule has 1 aromatic heterocycles. The zero-order valence-corrected chi connectivity index (χ0v) is 16.6. The number of carbonyl (C=O) groups is 1. The number of rotatable bonds is 5. The van der Waals surface area contributed by atoms with Crippen LogP contribution >= 0.6 is 0 Å². The molecule has 0 unspecified atom stereocenters. The van der Waals surface area contributed by atoms with E-state index in [1.54, 1.807) is 12.4 Å². The number of benzene rings is 2. The summed E-state index contributed by atoms with van der Waals surface area (Å²) in [5.41, 5.74) is 3.93. The molecule has 2 heterocycles. The quantitative estimate of drug-likeness (QED) is 0.723. The molecule has 0 aliphatic carbocycles. The number of anilines is 3. The van der Waals surface area contributed by atoms with Crippen LogP contribution in [0.4, 0.5) is 17.3 Å². The maximum atomic E-state index is 12.8. The second-order valence-corrected chi connectivity index (χ2v) is 7.09. The van der Waals surface area contributed by atoms with E-state index < -0.39 is 0 Å². The molecule has 0 spiro atoms. The van der Waals surface area contributed by atoms with Gasteiger partial charge in [-0.1, -0.05) is 37.3 Å². The Bertz CT molecular complexity index is 933. The van der Waals surface area contributed by atoms with Gasteiger partial charge in [-0.2, -0.15) is 0 Å². The number of carbonyl (C=O) groups excluding carboxylic acids is 1. The normalized spacial score (nSPS) is 14.0. The van der Waals surface area contributed by atoms with Gasteiger partial charge in [0.1, 0.15) is 0 Å². The number of nitrogens with zero attached hydrogens (tertiary/aromatic N) is 4. The summed E-state index contributed by atoms with van der Waals surface area (Å²) in [6, 6.07) is 18.5. The van der Waals surface area contributed by atoms with E-state index in [0.29, 0.717) is 24.6 Å². The number of hydrogen-bond donors (Lipinski definition) is 1. The lowest BCUT2D eigenvalue weighted by molar-refractivity contribution is 0.0746. The van der Waals surface area contributed by atoms with Crippen molar-refractivity contribution in [1.82, 2.24) is 14.9 Å². The third kappa shape index (κ3) is 4.54. The molecule has 29 heavy (non-hydrogen) atoms. The monoisotopic (exact) mass is 387 g/mol. The Morgan fingerprint density at radius 3 is 2.21 bits per heavy atom. The average Bonchev–Trinajstić information content (AvgIpc) is 2.80. The summed E-state index contributed by atoms with van der Waals surface area (Å²) in [5, 5.41) is 3.17. The van der Waals surface area contributed by atoms with Crippen LogP contribution in [0.1, 0.15) is 22.8 Å². The Kier molecular flexibility index (Phi) is 5.70. The van der Waals surface area contributed by atoms with Gasteiger partial charge < -0.3 is 15.1 Å². The molecule has 1 aliphatic heterocycles. The Hall–Kier alpha value is -3.41. The number of piperazine rings is 1. The molecule has 0 bridgehead atoms. The summed E-state index contributed by atoms with van der Waals surface area (Å²) in [5.74, 6) is 0.469. The average molecular weight is 387 g/mol. The maximum absolute atomic E-state index is 12.8. The Morgan fingerprint density at radius 1 is 0.931 bits per heavy atom. The topological polar surface area (TPSA) is 61.4 Å². The molecular formula is C23H25N5O. The van der Waals surface area contributed by atoms with Crippen LogP contribution < -0.4 is 10.2 Å². The number of amides is 1. The second-order valence-electron chi connectivity index (χ2n) is 7.09. The molecule has 1 fully saturated rings. The van der Waals surface area contributed by atoms with Gasteiger partial charge in [0.05, 0.1) is 5.56 Å². The van der Waals surface area contributed by atoms with E-state index in [1.807, 2.05) is 35.2 Å². The summed E-state index contributed by atoms with van der Waals surface area (Å²) in [6.07, 6.45) is 4.20. The molecule has 0 saturated carbocycles. The Balaban J connectivity index is 1.34. The fraction of sp³-hybridized carbons (Fsp3) is 0.261. The van der Waals surface area contributed by atoms with Crippen molar-refractivity contribution in [2.75, 3.05) is 36.4 Å². The van der Waals surface area contributed by atoms with Crippen LogP contribution in [0.2, 0.25) is 0 Å². The van der Waals surface area contributed by atoms with E-state index >= 15 is 0 Å². The van der Waals surface area contributed by atoms with Gasteiger partial charge in [-0.25, -0.2) is 9.97 Å². The smallest absolute Gasteiger partial charge is 0.257 e. The highest BCUT2D eigenvalue weighted by Gasteiger charge is 2.22. The fourth-order valence-corrected chi connectivity index (χ4v) is 3.45. The zero-order valence-electron chi connectivity index (χ0n) is 16.6. The summed E-state index contributed by atoms with van der Waals surface area (Å²) >= 11 is 0. The van der Waals surface area contributed by atoms with Crippen LogP contribution in [0, 0.1) is 0 Å². The van der Waals surface area contributed by atoms with Crippen molar-refractivity contribution in [3.05, 3.63) is 78.1 Å². The Morgan fingerprint density at radius 2 is 1.59 bits per heavy atom. The van der Waals surface area contributed by atoms with Gasteiger partial charge in [-0.3, -0.25) is 4.79 Å². The number of para-hydroxylation sites is 1. The first-order valence-corrected chi connectivity index (χ1v) is 10.00. The van der Waals surface area contributed by atoms with Crippen LogP contribution in [-0.4, -0.2) is 47.0 Å². The summed E-state index contributed by atoms with van der Waals surface area (Å²) in [4.78, 5) is 25.6. The van der Waals surface area contributed by atoms with Gasteiger partial charge in [0, 0.05) is 49.9 Å². The highest BCUT2D eigenvalue weighted by atomic mass is 16.2. The molecule has 6 nitrogen and oxygen atoms in total. The van der Waals surface area contributed by atoms with Gasteiger partial charge in [0.25, 0.3) is 5.91 Å². The van der Waals surface area contributed by atoms with Crippen molar-refractivity contribution < 1.29 is 4.79 Å². The van der Waals surface area contributed by atoms with Crippen LogP contribution in [0.25, 0.3) is 0 Å². The molecule has 4 rings (SSSR count). The van der Waals surface area contributed by atoms with Crippen LogP contribution in [0.3, 0.4) is 0 Å². The standard InChI is InChI=1S/C23H25N5O/c1-2-18-8-10-20(11-9-18)26-23-24-16-19(17-25-23)22(29)28-14-12-27(13-15-28)21-6-4-3-5-7-21/h3-11,16-17H,2,12-15H2,1H3,(H,24,25,26). The summed E-state index contributed by atoms with van der Waals surface area (Å²) < 4.78 is 0. The van der Waals surface area contributed by atoms with Gasteiger partial charge in [-0.05, 0) is 36.2 Å². The van der Waals surface area contributed by atoms with Gasteiger partial charge >= 0.3 is 0 Å². The second kappa shape index (κ2) is 8.73. The lowest BCUT2D eigenvalue weighted by Gasteiger charge is -2.36. The molecule has 1 saturated heterocycles. The number of hydrogen-bond acceptors (Lipinski definition) is 5. The molecule has 2 aromatic carbocycles. The number of nitrogens with one attached hydrogen (secondary N) is 1. The minimum atomic E-state index is -0.0171. The first-order chi connectivity index (χ1) is 14.2. The predicted octanol–water partition coefficient (Wildman–Crippen LogP) is 3.75. The Labute approximate surface area is 171 Å². The largest absolute Gasteiger partial charge is 0.368 e. The van der Waals surface area contributed by atoms with Crippen molar-refractivity contribution >= 4 is 23.2 Å². The minimum Gasteiger partial charge on any atom is -0.368 e. The first kappa shape index (κ1) is 18.9.